The van der Waals surface area contributed by atoms with Crippen molar-refractivity contribution in [1.29, 1.82) is 0 Å². The molecule has 3 aliphatic heterocycles. The second-order valence-corrected chi connectivity index (χ2v) is 8.88. The normalized spacial score (nSPS) is 35.2. The van der Waals surface area contributed by atoms with Gasteiger partial charge in [-0.25, -0.2) is 0 Å². The maximum absolute atomic E-state index is 13.4. The van der Waals surface area contributed by atoms with Gasteiger partial charge in [-0.15, -0.1) is 0 Å². The molecule has 0 spiro atoms. The van der Waals surface area contributed by atoms with Crippen molar-refractivity contribution >= 4 is 16.9 Å². The molecule has 1 aliphatic carbocycles. The van der Waals surface area contributed by atoms with Crippen molar-refractivity contribution in [2.45, 2.75) is 50.1 Å². The molecular weight excluding hydrogens is 368 g/mol. The van der Waals surface area contributed by atoms with Crippen LogP contribution in [0.2, 0.25) is 0 Å². The monoisotopic (exact) mass is 398 g/mol. The molecule has 0 amide bonds. The summed E-state index contributed by atoms with van der Waals surface area (Å²) in [5.41, 5.74) is 2.56. The van der Waals surface area contributed by atoms with E-state index in [9.17, 15) is 9.90 Å². The van der Waals surface area contributed by atoms with Crippen LogP contribution < -0.4 is 4.74 Å². The number of aliphatic hydroxyl groups is 1. The standard InChI is InChI=1S/C23H30N2O4/c1-4-13-9-20-23(22(27)29-3)11-17(13)19(12-26)25(20)8-7-15-16-10-14(28-2)5-6-18(16)24-21(15)23/h5-6,10,13,17,19-20,24,26H,4,7-9,11-12H2,1-3H3. The number of aromatic amines is 1. The second kappa shape index (κ2) is 6.74. The zero-order chi connectivity index (χ0) is 20.3. The fourth-order valence-corrected chi connectivity index (χ4v) is 6.72. The van der Waals surface area contributed by atoms with Gasteiger partial charge in [-0.3, -0.25) is 9.69 Å². The lowest BCUT2D eigenvalue weighted by molar-refractivity contribution is -0.169. The van der Waals surface area contributed by atoms with E-state index in [0.717, 1.165) is 54.6 Å². The minimum absolute atomic E-state index is 0.0539. The first-order valence-corrected chi connectivity index (χ1v) is 10.7. The van der Waals surface area contributed by atoms with Gasteiger partial charge in [0.15, 0.2) is 0 Å². The predicted octanol–water partition coefficient (Wildman–Crippen LogP) is 2.62. The number of ether oxygens (including phenoxy) is 2. The number of esters is 1. The van der Waals surface area contributed by atoms with Gasteiger partial charge in [0.1, 0.15) is 11.2 Å². The van der Waals surface area contributed by atoms with Crippen LogP contribution in [-0.4, -0.2) is 60.4 Å². The van der Waals surface area contributed by atoms with Crippen molar-refractivity contribution in [3.05, 3.63) is 29.5 Å². The second-order valence-electron chi connectivity index (χ2n) is 8.88. The number of carbonyl (C=O) groups is 1. The summed E-state index contributed by atoms with van der Waals surface area (Å²) in [6.07, 6.45) is 3.64. The van der Waals surface area contributed by atoms with Crippen LogP contribution in [0.4, 0.5) is 0 Å². The van der Waals surface area contributed by atoms with E-state index in [1.165, 1.54) is 12.7 Å². The molecule has 1 saturated carbocycles. The van der Waals surface area contributed by atoms with E-state index in [4.69, 9.17) is 9.47 Å². The maximum Gasteiger partial charge on any atom is 0.319 e. The Hall–Kier alpha value is -2.05. The lowest BCUT2D eigenvalue weighted by Crippen LogP contribution is -2.70. The molecule has 29 heavy (non-hydrogen) atoms. The van der Waals surface area contributed by atoms with Gasteiger partial charge in [0, 0.05) is 35.2 Å². The Labute approximate surface area is 171 Å². The molecule has 6 heteroatoms. The highest BCUT2D eigenvalue weighted by molar-refractivity contribution is 5.92. The first kappa shape index (κ1) is 18.9. The van der Waals surface area contributed by atoms with Crippen molar-refractivity contribution in [2.24, 2.45) is 11.8 Å². The molecule has 4 bridgehead atoms. The van der Waals surface area contributed by atoms with Crippen LogP contribution in [0.3, 0.4) is 0 Å². The highest BCUT2D eigenvalue weighted by Crippen LogP contribution is 2.57. The molecule has 0 radical (unpaired) electrons. The van der Waals surface area contributed by atoms with E-state index in [1.54, 1.807) is 7.11 Å². The van der Waals surface area contributed by atoms with Crippen LogP contribution in [0.5, 0.6) is 5.75 Å². The minimum atomic E-state index is -0.700. The largest absolute Gasteiger partial charge is 0.497 e. The number of hydrogen-bond donors (Lipinski definition) is 2. The minimum Gasteiger partial charge on any atom is -0.497 e. The Morgan fingerprint density at radius 1 is 1.38 bits per heavy atom. The van der Waals surface area contributed by atoms with Crippen LogP contribution in [-0.2, 0) is 21.4 Å². The Kier molecular flexibility index (Phi) is 4.40. The topological polar surface area (TPSA) is 74.8 Å². The third-order valence-electron chi connectivity index (χ3n) is 8.02. The first-order chi connectivity index (χ1) is 14.1. The summed E-state index contributed by atoms with van der Waals surface area (Å²) in [6.45, 7) is 3.22. The van der Waals surface area contributed by atoms with Crippen LogP contribution in [0.1, 0.15) is 37.4 Å². The first-order valence-electron chi connectivity index (χ1n) is 10.7. The number of hydrogen-bond acceptors (Lipinski definition) is 5. The average molecular weight is 399 g/mol. The van der Waals surface area contributed by atoms with E-state index in [2.05, 4.69) is 22.9 Å². The fraction of sp³-hybridized carbons (Fsp3) is 0.609. The van der Waals surface area contributed by atoms with E-state index in [-0.39, 0.29) is 24.7 Å². The molecule has 2 saturated heterocycles. The molecule has 4 heterocycles. The van der Waals surface area contributed by atoms with Crippen molar-refractivity contribution < 1.29 is 19.4 Å². The molecular formula is C23H30N2O4. The summed E-state index contributed by atoms with van der Waals surface area (Å²) in [7, 11) is 3.18. The third kappa shape index (κ3) is 2.39. The number of rotatable bonds is 4. The van der Waals surface area contributed by atoms with Crippen molar-refractivity contribution in [3.8, 4) is 5.75 Å². The molecule has 4 aliphatic rings. The van der Waals surface area contributed by atoms with E-state index in [0.29, 0.717) is 11.8 Å². The van der Waals surface area contributed by atoms with E-state index >= 15 is 0 Å². The highest BCUT2D eigenvalue weighted by atomic mass is 16.5. The molecule has 6 unspecified atom stereocenters. The molecule has 6 rings (SSSR count). The number of carbonyl (C=O) groups excluding carboxylic acids is 1. The van der Waals surface area contributed by atoms with Gasteiger partial charge in [-0.05, 0) is 54.9 Å². The summed E-state index contributed by atoms with van der Waals surface area (Å²) >= 11 is 0. The van der Waals surface area contributed by atoms with Gasteiger partial charge in [-0.1, -0.05) is 13.3 Å². The molecule has 6 nitrogen and oxygen atoms in total. The number of benzene rings is 1. The Morgan fingerprint density at radius 2 is 2.21 bits per heavy atom. The van der Waals surface area contributed by atoms with Crippen LogP contribution >= 0.6 is 0 Å². The molecule has 156 valence electrons. The summed E-state index contributed by atoms with van der Waals surface area (Å²) in [6, 6.07) is 6.24. The van der Waals surface area contributed by atoms with Crippen molar-refractivity contribution in [3.63, 3.8) is 0 Å². The Balaban J connectivity index is 1.75. The number of fused-ring (bicyclic) bond motifs is 4. The van der Waals surface area contributed by atoms with E-state index < -0.39 is 5.41 Å². The zero-order valence-corrected chi connectivity index (χ0v) is 17.4. The van der Waals surface area contributed by atoms with Crippen LogP contribution in [0, 0.1) is 11.8 Å². The number of nitrogens with zero attached hydrogens (tertiary/aromatic N) is 1. The summed E-state index contributed by atoms with van der Waals surface area (Å²) in [4.78, 5) is 19.5. The summed E-state index contributed by atoms with van der Waals surface area (Å²) in [5, 5.41) is 11.4. The Morgan fingerprint density at radius 3 is 2.90 bits per heavy atom. The molecule has 1 aromatic heterocycles. The lowest BCUT2D eigenvalue weighted by Gasteiger charge is -2.60. The molecule has 2 N–H and O–H groups in total. The molecule has 6 atom stereocenters. The zero-order valence-electron chi connectivity index (χ0n) is 17.4. The van der Waals surface area contributed by atoms with Gasteiger partial charge >= 0.3 is 5.97 Å². The maximum atomic E-state index is 13.4. The molecule has 3 fully saturated rings. The number of nitrogens with one attached hydrogen (secondary N) is 1. The van der Waals surface area contributed by atoms with Gasteiger partial charge in [0.2, 0.25) is 0 Å². The fourth-order valence-electron chi connectivity index (χ4n) is 6.72. The highest BCUT2D eigenvalue weighted by Gasteiger charge is 2.64. The number of H-pyrrole nitrogens is 1. The number of methoxy groups -OCH3 is 2. The smallest absolute Gasteiger partial charge is 0.319 e. The van der Waals surface area contributed by atoms with E-state index in [1.807, 2.05) is 12.1 Å². The predicted molar refractivity (Wildman–Crippen MR) is 110 cm³/mol. The van der Waals surface area contributed by atoms with Crippen LogP contribution in [0.15, 0.2) is 18.2 Å². The van der Waals surface area contributed by atoms with Gasteiger partial charge in [0.25, 0.3) is 0 Å². The number of piperidine rings is 2. The molecule has 2 aromatic rings. The summed E-state index contributed by atoms with van der Waals surface area (Å²) < 4.78 is 10.9. The third-order valence-corrected chi connectivity index (χ3v) is 8.02. The number of aromatic nitrogens is 1. The quantitative estimate of drug-likeness (QED) is 0.775. The van der Waals surface area contributed by atoms with Crippen LogP contribution in [0.25, 0.3) is 10.9 Å². The van der Waals surface area contributed by atoms with Gasteiger partial charge in [0.05, 0.1) is 20.8 Å². The SMILES string of the molecule is CCC1CC2N3CCc4c([nH]c5ccc(OC)cc45)C2(C(=O)OC)CC1C3CO. The Bertz CT molecular complexity index is 954. The summed E-state index contributed by atoms with van der Waals surface area (Å²) in [5.74, 6) is 1.50. The lowest BCUT2D eigenvalue weighted by atomic mass is 9.54. The van der Waals surface area contributed by atoms with Gasteiger partial charge in [-0.2, -0.15) is 0 Å². The van der Waals surface area contributed by atoms with Crippen molar-refractivity contribution in [2.75, 3.05) is 27.4 Å². The van der Waals surface area contributed by atoms with Crippen molar-refractivity contribution in [1.82, 2.24) is 9.88 Å². The average Bonchev–Trinajstić information content (AvgIpc) is 3.09. The molecule has 1 aromatic carbocycles. The van der Waals surface area contributed by atoms with Gasteiger partial charge < -0.3 is 19.6 Å². The number of aliphatic hydroxyl groups excluding tert-OH is 1.